The summed E-state index contributed by atoms with van der Waals surface area (Å²) in [5.74, 6) is 3.45. The molecule has 1 aliphatic rings. The molecule has 2 rings (SSSR count). The fourth-order valence-electron chi connectivity index (χ4n) is 2.91. The first-order chi connectivity index (χ1) is 11.5. The Morgan fingerprint density at radius 1 is 1.50 bits per heavy atom. The van der Waals surface area contributed by atoms with E-state index in [1.165, 1.54) is 0 Å². The number of carbonyl (C=O) groups excluding carboxylic acids is 1. The van der Waals surface area contributed by atoms with E-state index in [9.17, 15) is 4.79 Å². The Morgan fingerprint density at radius 2 is 2.29 bits per heavy atom. The number of benzene rings is 1. The second-order valence-electron chi connectivity index (χ2n) is 5.79. The highest BCUT2D eigenvalue weighted by Gasteiger charge is 2.28. The predicted octanol–water partition coefficient (Wildman–Crippen LogP) is 1.62. The van der Waals surface area contributed by atoms with Crippen LogP contribution in [0, 0.1) is 12.3 Å². The number of aliphatic imine (C=N–C) groups is 1. The van der Waals surface area contributed by atoms with Crippen molar-refractivity contribution in [3.63, 3.8) is 0 Å². The standard InChI is InChI=1S/C18H23ClN4O/c1-4-8-21-18(20-3)22-9-10-23(14(2)13-22)17(24)12-15-6-5-7-16(19)11-15/h1,5-7,11,14H,8-10,12-13H2,2-3H3,(H,20,21). The van der Waals surface area contributed by atoms with Gasteiger partial charge in [0, 0.05) is 37.7 Å². The number of terminal acetylenes is 1. The van der Waals surface area contributed by atoms with Gasteiger partial charge in [-0.05, 0) is 24.6 Å². The van der Waals surface area contributed by atoms with Crippen molar-refractivity contribution in [1.29, 1.82) is 0 Å². The van der Waals surface area contributed by atoms with Crippen molar-refractivity contribution in [2.24, 2.45) is 4.99 Å². The van der Waals surface area contributed by atoms with E-state index in [0.29, 0.717) is 24.5 Å². The monoisotopic (exact) mass is 346 g/mol. The van der Waals surface area contributed by atoms with Gasteiger partial charge in [0.1, 0.15) is 0 Å². The number of piperazine rings is 1. The Morgan fingerprint density at radius 3 is 2.92 bits per heavy atom. The summed E-state index contributed by atoms with van der Waals surface area (Å²) in [6, 6.07) is 7.55. The van der Waals surface area contributed by atoms with Gasteiger partial charge in [0.2, 0.25) is 5.91 Å². The largest absolute Gasteiger partial charge is 0.345 e. The van der Waals surface area contributed by atoms with Crippen LogP contribution in [-0.2, 0) is 11.2 Å². The maximum Gasteiger partial charge on any atom is 0.227 e. The van der Waals surface area contributed by atoms with Crippen molar-refractivity contribution in [3.8, 4) is 12.3 Å². The van der Waals surface area contributed by atoms with E-state index in [0.717, 1.165) is 24.6 Å². The molecule has 1 saturated heterocycles. The summed E-state index contributed by atoms with van der Waals surface area (Å²) in [6.07, 6.45) is 5.66. The van der Waals surface area contributed by atoms with Crippen molar-refractivity contribution >= 4 is 23.5 Å². The molecule has 1 amide bonds. The SMILES string of the molecule is C#CCNC(=NC)N1CCN(C(=O)Cc2cccc(Cl)c2)C(C)C1. The zero-order valence-electron chi connectivity index (χ0n) is 14.1. The Balaban J connectivity index is 1.95. The van der Waals surface area contributed by atoms with Crippen molar-refractivity contribution in [2.75, 3.05) is 33.2 Å². The molecular weight excluding hydrogens is 324 g/mol. The average molecular weight is 347 g/mol. The molecule has 24 heavy (non-hydrogen) atoms. The minimum absolute atomic E-state index is 0.106. The number of rotatable bonds is 3. The van der Waals surface area contributed by atoms with Gasteiger partial charge >= 0.3 is 0 Å². The Bertz CT molecular complexity index is 653. The molecule has 128 valence electrons. The van der Waals surface area contributed by atoms with Gasteiger partial charge in [-0.15, -0.1) is 6.42 Å². The number of carbonyl (C=O) groups is 1. The summed E-state index contributed by atoms with van der Waals surface area (Å²) in [4.78, 5) is 20.9. The van der Waals surface area contributed by atoms with E-state index >= 15 is 0 Å². The molecule has 1 aromatic rings. The normalized spacial score (nSPS) is 18.2. The molecule has 6 heteroatoms. The van der Waals surface area contributed by atoms with Gasteiger partial charge in [0.05, 0.1) is 13.0 Å². The van der Waals surface area contributed by atoms with Crippen LogP contribution < -0.4 is 5.32 Å². The van der Waals surface area contributed by atoms with Crippen LogP contribution in [0.1, 0.15) is 12.5 Å². The Labute approximate surface area is 148 Å². The van der Waals surface area contributed by atoms with Gasteiger partial charge in [-0.25, -0.2) is 0 Å². The second kappa shape index (κ2) is 8.60. The van der Waals surface area contributed by atoms with E-state index in [1.807, 2.05) is 29.2 Å². The number of guanidine groups is 1. The van der Waals surface area contributed by atoms with Gasteiger partial charge in [-0.3, -0.25) is 9.79 Å². The molecule has 0 radical (unpaired) electrons. The third kappa shape index (κ3) is 4.65. The van der Waals surface area contributed by atoms with E-state index in [2.05, 4.69) is 28.1 Å². The molecular formula is C18H23ClN4O. The smallest absolute Gasteiger partial charge is 0.227 e. The van der Waals surface area contributed by atoms with E-state index in [1.54, 1.807) is 7.05 Å². The molecule has 0 bridgehead atoms. The lowest BCUT2D eigenvalue weighted by atomic mass is 10.1. The van der Waals surface area contributed by atoms with Gasteiger partial charge in [-0.2, -0.15) is 0 Å². The third-order valence-corrected chi connectivity index (χ3v) is 4.29. The van der Waals surface area contributed by atoms with Crippen LogP contribution in [0.4, 0.5) is 0 Å². The number of hydrogen-bond acceptors (Lipinski definition) is 2. The quantitative estimate of drug-likeness (QED) is 0.514. The van der Waals surface area contributed by atoms with E-state index in [4.69, 9.17) is 18.0 Å². The highest BCUT2D eigenvalue weighted by molar-refractivity contribution is 6.30. The molecule has 0 aromatic heterocycles. The first-order valence-electron chi connectivity index (χ1n) is 7.98. The molecule has 1 aliphatic heterocycles. The summed E-state index contributed by atoms with van der Waals surface area (Å²) in [5.41, 5.74) is 0.939. The first-order valence-corrected chi connectivity index (χ1v) is 8.36. The number of nitrogens with zero attached hydrogens (tertiary/aromatic N) is 3. The van der Waals surface area contributed by atoms with Crippen LogP contribution in [0.15, 0.2) is 29.3 Å². The number of nitrogens with one attached hydrogen (secondary N) is 1. The number of halogens is 1. The first kappa shape index (κ1) is 18.2. The van der Waals surface area contributed by atoms with Gasteiger partial charge in [-0.1, -0.05) is 29.7 Å². The molecule has 1 heterocycles. The van der Waals surface area contributed by atoms with Crippen LogP contribution in [-0.4, -0.2) is 60.9 Å². The van der Waals surface area contributed by atoms with Crippen LogP contribution in [0.2, 0.25) is 5.02 Å². The second-order valence-corrected chi connectivity index (χ2v) is 6.23. The van der Waals surface area contributed by atoms with Crippen molar-refractivity contribution in [2.45, 2.75) is 19.4 Å². The number of hydrogen-bond donors (Lipinski definition) is 1. The highest BCUT2D eigenvalue weighted by atomic mass is 35.5. The van der Waals surface area contributed by atoms with Crippen LogP contribution in [0.5, 0.6) is 0 Å². The van der Waals surface area contributed by atoms with Crippen LogP contribution in [0.25, 0.3) is 0 Å². The van der Waals surface area contributed by atoms with Gasteiger partial charge in [0.25, 0.3) is 0 Å². The van der Waals surface area contributed by atoms with Crippen LogP contribution >= 0.6 is 11.6 Å². The number of amides is 1. The van der Waals surface area contributed by atoms with Crippen molar-refractivity contribution < 1.29 is 4.79 Å². The lowest BCUT2D eigenvalue weighted by Crippen LogP contribution is -2.58. The highest BCUT2D eigenvalue weighted by Crippen LogP contribution is 2.15. The molecule has 5 nitrogen and oxygen atoms in total. The summed E-state index contributed by atoms with van der Waals surface area (Å²) in [7, 11) is 1.74. The third-order valence-electron chi connectivity index (χ3n) is 4.05. The Hall–Kier alpha value is -2.19. The maximum absolute atomic E-state index is 12.6. The minimum atomic E-state index is 0.106. The summed E-state index contributed by atoms with van der Waals surface area (Å²) in [6.45, 7) is 4.62. The van der Waals surface area contributed by atoms with Crippen molar-refractivity contribution in [3.05, 3.63) is 34.9 Å². The summed E-state index contributed by atoms with van der Waals surface area (Å²) in [5, 5.41) is 3.78. The maximum atomic E-state index is 12.6. The lowest BCUT2D eigenvalue weighted by molar-refractivity contribution is -0.134. The fourth-order valence-corrected chi connectivity index (χ4v) is 3.12. The van der Waals surface area contributed by atoms with E-state index < -0.39 is 0 Å². The topological polar surface area (TPSA) is 47.9 Å². The summed E-state index contributed by atoms with van der Waals surface area (Å²) >= 11 is 5.99. The van der Waals surface area contributed by atoms with Gasteiger partial charge < -0.3 is 15.1 Å². The molecule has 1 aromatic carbocycles. The molecule has 0 aliphatic carbocycles. The summed E-state index contributed by atoms with van der Waals surface area (Å²) < 4.78 is 0. The van der Waals surface area contributed by atoms with Crippen LogP contribution in [0.3, 0.4) is 0 Å². The average Bonchev–Trinajstić information content (AvgIpc) is 2.55. The Kier molecular flexibility index (Phi) is 6.51. The molecule has 1 unspecified atom stereocenters. The fraction of sp³-hybridized carbons (Fsp3) is 0.444. The predicted molar refractivity (Wildman–Crippen MR) is 98.1 cm³/mol. The lowest BCUT2D eigenvalue weighted by Gasteiger charge is -2.41. The molecule has 0 saturated carbocycles. The molecule has 0 spiro atoms. The molecule has 1 atom stereocenters. The minimum Gasteiger partial charge on any atom is -0.345 e. The van der Waals surface area contributed by atoms with E-state index in [-0.39, 0.29) is 11.9 Å². The van der Waals surface area contributed by atoms with Crippen molar-refractivity contribution in [1.82, 2.24) is 15.1 Å². The molecule has 1 N–H and O–H groups in total. The zero-order chi connectivity index (χ0) is 17.5. The van der Waals surface area contributed by atoms with Gasteiger partial charge in [0.15, 0.2) is 5.96 Å². The molecule has 1 fully saturated rings. The zero-order valence-corrected chi connectivity index (χ0v) is 14.9.